The summed E-state index contributed by atoms with van der Waals surface area (Å²) in [7, 11) is -3.22. The first-order valence-electron chi connectivity index (χ1n) is 7.48. The average Bonchev–Trinajstić information content (AvgIpc) is 2.92. The Morgan fingerprint density at radius 3 is 2.54 bits per heavy atom. The van der Waals surface area contributed by atoms with Crippen LogP contribution in [0.25, 0.3) is 0 Å². The normalized spacial score (nSPS) is 16.1. The standard InChI is InChI=1S/C17H16ClNO4S/c18-15-4-1-3-13(11-15)12-23-17(20)14-5-7-16(8-6-14)19-9-2-10-24(19,21)22/h1,3-8,11H,2,9-10,12H2. The van der Waals surface area contributed by atoms with Gasteiger partial charge >= 0.3 is 5.97 Å². The smallest absolute Gasteiger partial charge is 0.338 e. The van der Waals surface area contributed by atoms with E-state index in [1.807, 2.05) is 6.07 Å². The Morgan fingerprint density at radius 1 is 1.17 bits per heavy atom. The van der Waals surface area contributed by atoms with Gasteiger partial charge in [-0.15, -0.1) is 0 Å². The molecule has 0 aliphatic carbocycles. The fourth-order valence-electron chi connectivity index (χ4n) is 2.55. The van der Waals surface area contributed by atoms with Gasteiger partial charge in [-0.1, -0.05) is 23.7 Å². The van der Waals surface area contributed by atoms with E-state index in [1.54, 1.807) is 42.5 Å². The lowest BCUT2D eigenvalue weighted by Crippen LogP contribution is -2.25. The summed E-state index contributed by atoms with van der Waals surface area (Å²) >= 11 is 5.89. The first-order chi connectivity index (χ1) is 11.5. The Balaban J connectivity index is 1.66. The molecular formula is C17H16ClNO4S. The molecule has 7 heteroatoms. The number of nitrogens with zero attached hydrogens (tertiary/aromatic N) is 1. The third kappa shape index (κ3) is 3.71. The number of ether oxygens (including phenoxy) is 1. The van der Waals surface area contributed by atoms with Crippen molar-refractivity contribution in [3.8, 4) is 0 Å². The number of anilines is 1. The third-order valence-electron chi connectivity index (χ3n) is 3.75. The maximum Gasteiger partial charge on any atom is 0.338 e. The first kappa shape index (κ1) is 16.8. The van der Waals surface area contributed by atoms with E-state index in [4.69, 9.17) is 16.3 Å². The molecule has 0 saturated carbocycles. The topological polar surface area (TPSA) is 63.7 Å². The Bertz CT molecular complexity index is 849. The molecule has 0 bridgehead atoms. The van der Waals surface area contributed by atoms with Crippen molar-refractivity contribution in [2.45, 2.75) is 13.0 Å². The number of halogens is 1. The highest BCUT2D eigenvalue weighted by molar-refractivity contribution is 7.93. The minimum absolute atomic E-state index is 0.127. The lowest BCUT2D eigenvalue weighted by Gasteiger charge is -2.16. The average molecular weight is 366 g/mol. The van der Waals surface area contributed by atoms with Crippen molar-refractivity contribution in [3.63, 3.8) is 0 Å². The second kappa shape index (κ2) is 6.83. The van der Waals surface area contributed by atoms with E-state index in [2.05, 4.69) is 0 Å². The van der Waals surface area contributed by atoms with Crippen molar-refractivity contribution in [2.75, 3.05) is 16.6 Å². The minimum atomic E-state index is -3.22. The summed E-state index contributed by atoms with van der Waals surface area (Å²) in [4.78, 5) is 12.1. The molecule has 126 valence electrons. The van der Waals surface area contributed by atoms with Gasteiger partial charge in [-0.25, -0.2) is 13.2 Å². The molecule has 1 aliphatic rings. The van der Waals surface area contributed by atoms with Gasteiger partial charge in [-0.2, -0.15) is 0 Å². The molecule has 0 radical (unpaired) electrons. The fraction of sp³-hybridized carbons (Fsp3) is 0.235. The van der Waals surface area contributed by atoms with Crippen LogP contribution in [0.15, 0.2) is 48.5 Å². The number of benzene rings is 2. The Labute approximate surface area is 145 Å². The number of carbonyl (C=O) groups excluding carboxylic acids is 1. The summed E-state index contributed by atoms with van der Waals surface area (Å²) in [5.41, 5.74) is 1.74. The lowest BCUT2D eigenvalue weighted by molar-refractivity contribution is 0.0472. The molecule has 1 aliphatic heterocycles. The monoisotopic (exact) mass is 365 g/mol. The lowest BCUT2D eigenvalue weighted by atomic mass is 10.2. The predicted octanol–water partition coefficient (Wildman–Crippen LogP) is 3.24. The van der Waals surface area contributed by atoms with Gasteiger partial charge in [-0.05, 0) is 48.4 Å². The second-order valence-electron chi connectivity index (χ2n) is 5.49. The minimum Gasteiger partial charge on any atom is -0.457 e. The van der Waals surface area contributed by atoms with Crippen LogP contribution in [-0.2, 0) is 21.4 Å². The van der Waals surface area contributed by atoms with E-state index >= 15 is 0 Å². The molecule has 0 spiro atoms. The molecular weight excluding hydrogens is 350 g/mol. The first-order valence-corrected chi connectivity index (χ1v) is 9.46. The Hall–Kier alpha value is -2.05. The molecule has 3 rings (SSSR count). The van der Waals surface area contributed by atoms with Crippen LogP contribution in [0.4, 0.5) is 5.69 Å². The highest BCUT2D eigenvalue weighted by atomic mass is 35.5. The highest BCUT2D eigenvalue weighted by Crippen LogP contribution is 2.24. The van der Waals surface area contributed by atoms with Crippen molar-refractivity contribution in [3.05, 3.63) is 64.7 Å². The quantitative estimate of drug-likeness (QED) is 0.780. The zero-order chi connectivity index (χ0) is 17.2. The van der Waals surface area contributed by atoms with E-state index in [-0.39, 0.29) is 12.4 Å². The second-order valence-corrected chi connectivity index (χ2v) is 7.94. The molecule has 2 aromatic carbocycles. The highest BCUT2D eigenvalue weighted by Gasteiger charge is 2.28. The van der Waals surface area contributed by atoms with Crippen LogP contribution >= 0.6 is 11.6 Å². The van der Waals surface area contributed by atoms with E-state index in [0.717, 1.165) is 5.56 Å². The van der Waals surface area contributed by atoms with Crippen LogP contribution in [0, 0.1) is 0 Å². The molecule has 2 aromatic rings. The Morgan fingerprint density at radius 2 is 1.92 bits per heavy atom. The molecule has 0 unspecified atom stereocenters. The zero-order valence-corrected chi connectivity index (χ0v) is 14.4. The van der Waals surface area contributed by atoms with Crippen LogP contribution < -0.4 is 4.31 Å². The summed E-state index contributed by atoms with van der Waals surface area (Å²) in [5, 5.41) is 0.583. The number of rotatable bonds is 4. The van der Waals surface area contributed by atoms with Crippen LogP contribution in [0.2, 0.25) is 5.02 Å². The van der Waals surface area contributed by atoms with Gasteiger partial charge in [-0.3, -0.25) is 4.31 Å². The maximum atomic E-state index is 12.1. The molecule has 5 nitrogen and oxygen atoms in total. The molecule has 24 heavy (non-hydrogen) atoms. The van der Waals surface area contributed by atoms with E-state index in [0.29, 0.717) is 29.2 Å². The molecule has 0 atom stereocenters. The summed E-state index contributed by atoms with van der Waals surface area (Å²) in [6, 6.07) is 13.5. The molecule has 0 N–H and O–H groups in total. The van der Waals surface area contributed by atoms with E-state index < -0.39 is 16.0 Å². The Kier molecular flexibility index (Phi) is 4.78. The van der Waals surface area contributed by atoms with Crippen molar-refractivity contribution in [1.82, 2.24) is 0 Å². The van der Waals surface area contributed by atoms with Gasteiger partial charge in [0, 0.05) is 11.6 Å². The summed E-state index contributed by atoms with van der Waals surface area (Å²) in [6.07, 6.45) is 0.617. The largest absolute Gasteiger partial charge is 0.457 e. The number of esters is 1. The van der Waals surface area contributed by atoms with Crippen LogP contribution in [0.1, 0.15) is 22.3 Å². The number of sulfonamides is 1. The van der Waals surface area contributed by atoms with E-state index in [1.165, 1.54) is 4.31 Å². The summed E-state index contributed by atoms with van der Waals surface area (Å²) in [5.74, 6) is -0.304. The van der Waals surface area contributed by atoms with Crippen molar-refractivity contribution >= 4 is 33.3 Å². The number of carbonyl (C=O) groups is 1. The number of hydrogen-bond donors (Lipinski definition) is 0. The third-order valence-corrected chi connectivity index (χ3v) is 5.85. The SMILES string of the molecule is O=C(OCc1cccc(Cl)c1)c1ccc(N2CCCS2(=O)=O)cc1. The van der Waals surface area contributed by atoms with Gasteiger partial charge in [0.15, 0.2) is 0 Å². The van der Waals surface area contributed by atoms with Crippen LogP contribution in [-0.4, -0.2) is 26.7 Å². The van der Waals surface area contributed by atoms with Crippen molar-refractivity contribution in [2.24, 2.45) is 0 Å². The fourth-order valence-corrected chi connectivity index (χ4v) is 4.33. The zero-order valence-electron chi connectivity index (χ0n) is 12.8. The maximum absolute atomic E-state index is 12.1. The van der Waals surface area contributed by atoms with Crippen LogP contribution in [0.3, 0.4) is 0 Å². The van der Waals surface area contributed by atoms with Crippen LogP contribution in [0.5, 0.6) is 0 Å². The van der Waals surface area contributed by atoms with Gasteiger partial charge in [0.2, 0.25) is 10.0 Å². The molecule has 0 amide bonds. The predicted molar refractivity (Wildman–Crippen MR) is 92.8 cm³/mol. The molecule has 1 heterocycles. The van der Waals surface area contributed by atoms with Gasteiger partial charge in [0.1, 0.15) is 6.61 Å². The molecule has 1 fully saturated rings. The van der Waals surface area contributed by atoms with Gasteiger partial charge in [0.25, 0.3) is 0 Å². The number of hydrogen-bond acceptors (Lipinski definition) is 4. The summed E-state index contributed by atoms with van der Waals surface area (Å²) in [6.45, 7) is 0.600. The van der Waals surface area contributed by atoms with Gasteiger partial charge in [0.05, 0.1) is 17.0 Å². The van der Waals surface area contributed by atoms with Crippen molar-refractivity contribution < 1.29 is 17.9 Å². The summed E-state index contributed by atoms with van der Waals surface area (Å²) < 4.78 is 30.4. The molecule has 1 saturated heterocycles. The molecule has 0 aromatic heterocycles. The van der Waals surface area contributed by atoms with E-state index in [9.17, 15) is 13.2 Å². The van der Waals surface area contributed by atoms with Crippen molar-refractivity contribution in [1.29, 1.82) is 0 Å². The van der Waals surface area contributed by atoms with Gasteiger partial charge < -0.3 is 4.74 Å².